The summed E-state index contributed by atoms with van der Waals surface area (Å²) in [5.41, 5.74) is 5.06. The molecule has 1 aliphatic heterocycles. The third-order valence-corrected chi connectivity index (χ3v) is 5.79. The zero-order valence-electron chi connectivity index (χ0n) is 15.1. The van der Waals surface area contributed by atoms with Crippen molar-refractivity contribution >= 4 is 34.9 Å². The normalized spacial score (nSPS) is 19.6. The van der Waals surface area contributed by atoms with Crippen LogP contribution < -0.4 is 5.48 Å². The standard InChI is InChI=1S/C20H17Cl2F3N2O2/c21-11-7-14-15(9-27(12-5-6-12)10-16(14)17(22)8-11)13-3-1-2-4-18(13)26-29-19(28)20(23,24)25/h1-4,7-8,12,15,26H,5-6,9-10H2. The largest absolute Gasteiger partial charge is 0.493 e. The smallest absolute Gasteiger partial charge is 0.335 e. The van der Waals surface area contributed by atoms with Gasteiger partial charge in [0.1, 0.15) is 0 Å². The monoisotopic (exact) mass is 444 g/mol. The number of halogens is 5. The van der Waals surface area contributed by atoms with Crippen molar-refractivity contribution < 1.29 is 22.8 Å². The van der Waals surface area contributed by atoms with Gasteiger partial charge in [0.2, 0.25) is 0 Å². The Kier molecular flexibility index (Phi) is 5.40. The van der Waals surface area contributed by atoms with Crippen molar-refractivity contribution in [3.63, 3.8) is 0 Å². The molecule has 1 aliphatic carbocycles. The summed E-state index contributed by atoms with van der Waals surface area (Å²) < 4.78 is 37.5. The number of carbonyl (C=O) groups is 1. The van der Waals surface area contributed by atoms with E-state index in [2.05, 4.69) is 15.2 Å². The van der Waals surface area contributed by atoms with Crippen LogP contribution in [0, 0.1) is 0 Å². The lowest BCUT2D eigenvalue weighted by Crippen LogP contribution is -2.36. The average Bonchev–Trinajstić information content (AvgIpc) is 3.50. The van der Waals surface area contributed by atoms with Gasteiger partial charge in [-0.1, -0.05) is 41.4 Å². The van der Waals surface area contributed by atoms with Crippen LogP contribution in [0.3, 0.4) is 0 Å². The average molecular weight is 445 g/mol. The van der Waals surface area contributed by atoms with Gasteiger partial charge in [0, 0.05) is 35.1 Å². The van der Waals surface area contributed by atoms with Crippen LogP contribution in [0.1, 0.15) is 35.4 Å². The highest BCUT2D eigenvalue weighted by atomic mass is 35.5. The van der Waals surface area contributed by atoms with E-state index in [1.807, 2.05) is 6.07 Å². The predicted octanol–water partition coefficient (Wildman–Crippen LogP) is 5.54. The molecule has 2 aromatic rings. The lowest BCUT2D eigenvalue weighted by atomic mass is 9.83. The van der Waals surface area contributed by atoms with Crippen molar-refractivity contribution in [1.29, 1.82) is 0 Å². The molecule has 1 saturated carbocycles. The molecular weight excluding hydrogens is 428 g/mol. The number of nitrogens with one attached hydrogen (secondary N) is 1. The van der Waals surface area contributed by atoms with Crippen LogP contribution in [-0.4, -0.2) is 29.6 Å². The van der Waals surface area contributed by atoms with E-state index in [4.69, 9.17) is 23.2 Å². The molecule has 2 aliphatic rings. The zero-order chi connectivity index (χ0) is 20.8. The third-order valence-electron chi connectivity index (χ3n) is 5.23. The summed E-state index contributed by atoms with van der Waals surface area (Å²) >= 11 is 12.7. The number of rotatable bonds is 4. The molecule has 2 aromatic carbocycles. The van der Waals surface area contributed by atoms with Gasteiger partial charge < -0.3 is 4.84 Å². The Morgan fingerprint density at radius 2 is 1.86 bits per heavy atom. The van der Waals surface area contributed by atoms with Gasteiger partial charge in [-0.25, -0.2) is 10.3 Å². The summed E-state index contributed by atoms with van der Waals surface area (Å²) in [6.45, 7) is 1.37. The van der Waals surface area contributed by atoms with Crippen molar-refractivity contribution in [3.8, 4) is 0 Å². The van der Waals surface area contributed by atoms with Gasteiger partial charge in [-0.15, -0.1) is 0 Å². The highest BCUT2D eigenvalue weighted by Crippen LogP contribution is 2.43. The van der Waals surface area contributed by atoms with Crippen LogP contribution in [0.5, 0.6) is 0 Å². The Morgan fingerprint density at radius 3 is 2.55 bits per heavy atom. The number of fused-ring (bicyclic) bond motifs is 1. The van der Waals surface area contributed by atoms with Gasteiger partial charge in [-0.2, -0.15) is 13.2 Å². The maximum absolute atomic E-state index is 12.5. The van der Waals surface area contributed by atoms with E-state index in [0.717, 1.165) is 24.0 Å². The van der Waals surface area contributed by atoms with E-state index in [1.54, 1.807) is 30.3 Å². The number of hydrogen-bond acceptors (Lipinski definition) is 4. The first-order valence-electron chi connectivity index (χ1n) is 9.09. The second kappa shape index (κ2) is 7.70. The summed E-state index contributed by atoms with van der Waals surface area (Å²) in [6.07, 6.45) is -2.87. The molecule has 0 amide bonds. The van der Waals surface area contributed by atoms with E-state index in [1.165, 1.54) is 0 Å². The fourth-order valence-electron chi connectivity index (χ4n) is 3.74. The van der Waals surface area contributed by atoms with Crippen LogP contribution >= 0.6 is 23.2 Å². The molecule has 1 N–H and O–H groups in total. The molecule has 4 nitrogen and oxygen atoms in total. The number of hydrogen-bond donors (Lipinski definition) is 1. The highest BCUT2D eigenvalue weighted by molar-refractivity contribution is 6.35. The highest BCUT2D eigenvalue weighted by Gasteiger charge is 2.42. The minimum atomic E-state index is -5.08. The van der Waals surface area contributed by atoms with Gasteiger partial charge in [-0.05, 0) is 47.7 Å². The molecule has 0 bridgehead atoms. The van der Waals surface area contributed by atoms with Crippen LogP contribution in [0.4, 0.5) is 18.9 Å². The molecule has 154 valence electrons. The van der Waals surface area contributed by atoms with E-state index in [0.29, 0.717) is 34.7 Å². The van der Waals surface area contributed by atoms with E-state index < -0.39 is 12.1 Å². The molecule has 4 rings (SSSR count). The molecule has 0 spiro atoms. The van der Waals surface area contributed by atoms with Crippen molar-refractivity contribution in [1.82, 2.24) is 4.90 Å². The molecule has 1 unspecified atom stereocenters. The first-order valence-corrected chi connectivity index (χ1v) is 9.84. The molecule has 1 atom stereocenters. The summed E-state index contributed by atoms with van der Waals surface area (Å²) in [6, 6.07) is 10.8. The minimum Gasteiger partial charge on any atom is -0.335 e. The lowest BCUT2D eigenvalue weighted by molar-refractivity contribution is -0.196. The topological polar surface area (TPSA) is 41.6 Å². The van der Waals surface area contributed by atoms with E-state index >= 15 is 0 Å². The number of benzene rings is 2. The number of para-hydroxylation sites is 1. The molecule has 1 fully saturated rings. The van der Waals surface area contributed by atoms with Gasteiger partial charge >= 0.3 is 12.1 Å². The summed E-state index contributed by atoms with van der Waals surface area (Å²) in [5.74, 6) is -2.49. The maximum Gasteiger partial charge on any atom is 0.493 e. The Morgan fingerprint density at radius 1 is 1.14 bits per heavy atom. The van der Waals surface area contributed by atoms with Crippen LogP contribution in [-0.2, 0) is 16.2 Å². The Bertz CT molecular complexity index is 948. The second-order valence-corrected chi connectivity index (χ2v) is 8.09. The fourth-order valence-corrected chi connectivity index (χ4v) is 4.31. The lowest BCUT2D eigenvalue weighted by Gasteiger charge is -2.36. The molecule has 0 saturated heterocycles. The van der Waals surface area contributed by atoms with Gasteiger partial charge in [0.05, 0.1) is 5.69 Å². The van der Waals surface area contributed by atoms with E-state index in [-0.39, 0.29) is 11.6 Å². The van der Waals surface area contributed by atoms with Gasteiger partial charge in [0.15, 0.2) is 0 Å². The van der Waals surface area contributed by atoms with Crippen molar-refractivity contribution in [2.24, 2.45) is 0 Å². The fraction of sp³-hybridized carbons (Fsp3) is 0.350. The summed E-state index contributed by atoms with van der Waals surface area (Å²) in [4.78, 5) is 17.7. The van der Waals surface area contributed by atoms with Crippen molar-refractivity contribution in [3.05, 3.63) is 63.1 Å². The first kappa shape index (κ1) is 20.3. The van der Waals surface area contributed by atoms with Crippen LogP contribution in [0.25, 0.3) is 0 Å². The molecule has 1 heterocycles. The number of carbonyl (C=O) groups excluding carboxylic acids is 1. The summed E-state index contributed by atoms with van der Waals surface area (Å²) in [5, 5.41) is 1.06. The number of anilines is 1. The number of nitrogens with zero attached hydrogens (tertiary/aromatic N) is 1. The van der Waals surface area contributed by atoms with Crippen molar-refractivity contribution in [2.75, 3.05) is 12.0 Å². The zero-order valence-corrected chi connectivity index (χ0v) is 16.6. The quantitative estimate of drug-likeness (QED) is 0.628. The molecule has 0 aromatic heterocycles. The molecule has 9 heteroatoms. The van der Waals surface area contributed by atoms with Crippen LogP contribution in [0.2, 0.25) is 10.0 Å². The summed E-state index contributed by atoms with van der Waals surface area (Å²) in [7, 11) is 0. The first-order chi connectivity index (χ1) is 13.7. The second-order valence-electron chi connectivity index (χ2n) is 7.25. The van der Waals surface area contributed by atoms with Crippen LogP contribution in [0.15, 0.2) is 36.4 Å². The van der Waals surface area contributed by atoms with Crippen molar-refractivity contribution in [2.45, 2.75) is 37.5 Å². The molecule has 0 radical (unpaired) electrons. The maximum atomic E-state index is 12.5. The molecular formula is C20H17Cl2F3N2O2. The number of alkyl halides is 3. The van der Waals surface area contributed by atoms with Gasteiger partial charge in [-0.3, -0.25) is 4.90 Å². The SMILES string of the molecule is O=C(ONc1ccccc1C1CN(C2CC2)Cc2c(Cl)cc(Cl)cc21)C(F)(F)F. The Labute approximate surface area is 175 Å². The Balaban J connectivity index is 1.70. The van der Waals surface area contributed by atoms with Gasteiger partial charge in [0.25, 0.3) is 0 Å². The Hall–Kier alpha value is -1.96. The molecule has 29 heavy (non-hydrogen) atoms. The third kappa shape index (κ3) is 4.32. The predicted molar refractivity (Wildman–Crippen MR) is 104 cm³/mol. The minimum absolute atomic E-state index is 0.191. The van der Waals surface area contributed by atoms with E-state index in [9.17, 15) is 18.0 Å².